The van der Waals surface area contributed by atoms with Crippen LogP contribution in [0.15, 0.2) is 30.6 Å². The fourth-order valence-corrected chi connectivity index (χ4v) is 1.92. The summed E-state index contributed by atoms with van der Waals surface area (Å²) >= 11 is 0. The molecule has 18 heavy (non-hydrogen) atoms. The van der Waals surface area contributed by atoms with Gasteiger partial charge in [0.1, 0.15) is 0 Å². The van der Waals surface area contributed by atoms with E-state index in [2.05, 4.69) is 25.8 Å². The molecule has 90 valence electrons. The van der Waals surface area contributed by atoms with Gasteiger partial charge in [-0.05, 0) is 30.2 Å². The Hall–Kier alpha value is -2.50. The molecule has 0 atom stereocenters. The fraction of sp³-hybridized carbons (Fsp3) is 0.167. The molecule has 0 aliphatic carbocycles. The van der Waals surface area contributed by atoms with Gasteiger partial charge in [0.15, 0.2) is 0 Å². The van der Waals surface area contributed by atoms with Crippen molar-refractivity contribution in [3.8, 4) is 0 Å². The third kappa shape index (κ3) is 2.00. The van der Waals surface area contributed by atoms with Crippen molar-refractivity contribution in [2.45, 2.75) is 6.42 Å². The van der Waals surface area contributed by atoms with Crippen molar-refractivity contribution < 1.29 is 4.79 Å². The third-order valence-electron chi connectivity index (χ3n) is 2.79. The van der Waals surface area contributed by atoms with Crippen LogP contribution in [0.1, 0.15) is 15.9 Å². The van der Waals surface area contributed by atoms with Crippen molar-refractivity contribution in [1.29, 1.82) is 0 Å². The Kier molecular flexibility index (Phi) is 2.60. The van der Waals surface area contributed by atoms with Gasteiger partial charge < -0.3 is 5.32 Å². The van der Waals surface area contributed by atoms with E-state index in [-0.39, 0.29) is 11.9 Å². The number of aromatic nitrogens is 3. The Balaban J connectivity index is 1.81. The van der Waals surface area contributed by atoms with Crippen LogP contribution in [0, 0.1) is 0 Å². The topological polar surface area (TPSA) is 79.8 Å². The van der Waals surface area contributed by atoms with Crippen LogP contribution in [0.3, 0.4) is 0 Å². The van der Waals surface area contributed by atoms with Crippen molar-refractivity contribution in [2.24, 2.45) is 0 Å². The highest BCUT2D eigenvalue weighted by atomic mass is 16.1. The molecule has 1 aromatic heterocycles. The van der Waals surface area contributed by atoms with Crippen LogP contribution in [-0.2, 0) is 6.42 Å². The maximum absolute atomic E-state index is 12.0. The lowest BCUT2D eigenvalue weighted by Crippen LogP contribution is -2.14. The molecule has 6 nitrogen and oxygen atoms in total. The van der Waals surface area contributed by atoms with Gasteiger partial charge in [-0.25, -0.2) is 4.98 Å². The molecule has 0 spiro atoms. The predicted octanol–water partition coefficient (Wildman–Crippen LogP) is 1.09. The molecular weight excluding hydrogens is 230 g/mol. The minimum absolute atomic E-state index is 0.209. The number of rotatable bonds is 2. The molecule has 2 aromatic rings. The number of fused-ring (bicyclic) bond motifs is 1. The first-order chi connectivity index (χ1) is 8.83. The number of anilines is 2. The summed E-state index contributed by atoms with van der Waals surface area (Å²) in [5.74, 6) is -0.0150. The number of carbonyl (C=O) groups excluding carboxylic acids is 1. The summed E-state index contributed by atoms with van der Waals surface area (Å²) in [7, 11) is 0. The van der Waals surface area contributed by atoms with Gasteiger partial charge in [0.25, 0.3) is 5.91 Å². The molecule has 3 rings (SSSR count). The SMILES string of the molecule is O=C(Nc1nccnn1)c1ccc2c(c1)CCN2. The maximum Gasteiger partial charge on any atom is 0.258 e. The van der Waals surface area contributed by atoms with E-state index in [0.717, 1.165) is 24.2 Å². The highest BCUT2D eigenvalue weighted by Gasteiger charge is 2.14. The molecule has 0 radical (unpaired) electrons. The summed E-state index contributed by atoms with van der Waals surface area (Å²) in [5, 5.41) is 13.2. The molecule has 0 unspecified atom stereocenters. The van der Waals surface area contributed by atoms with E-state index in [9.17, 15) is 4.79 Å². The van der Waals surface area contributed by atoms with Gasteiger partial charge in [-0.3, -0.25) is 10.1 Å². The summed E-state index contributed by atoms with van der Waals surface area (Å²) in [5.41, 5.74) is 2.86. The number of hydrogen-bond donors (Lipinski definition) is 2. The molecule has 0 saturated heterocycles. The lowest BCUT2D eigenvalue weighted by Gasteiger charge is -2.05. The zero-order valence-corrected chi connectivity index (χ0v) is 9.55. The second kappa shape index (κ2) is 4.40. The Labute approximate surface area is 103 Å². The first kappa shape index (κ1) is 10.6. The van der Waals surface area contributed by atoms with Gasteiger partial charge in [0, 0.05) is 17.8 Å². The summed E-state index contributed by atoms with van der Waals surface area (Å²) in [6.07, 6.45) is 3.88. The van der Waals surface area contributed by atoms with Crippen molar-refractivity contribution in [1.82, 2.24) is 15.2 Å². The summed E-state index contributed by atoms with van der Waals surface area (Å²) in [4.78, 5) is 15.9. The lowest BCUT2D eigenvalue weighted by atomic mass is 10.1. The quantitative estimate of drug-likeness (QED) is 0.822. The number of nitrogens with zero attached hydrogens (tertiary/aromatic N) is 3. The first-order valence-electron chi connectivity index (χ1n) is 5.65. The minimum atomic E-state index is -0.224. The Morgan fingerprint density at radius 3 is 3.11 bits per heavy atom. The second-order valence-corrected chi connectivity index (χ2v) is 3.97. The standard InChI is InChI=1S/C12H11N5O/c18-11(16-12-14-5-6-15-17-12)9-1-2-10-8(7-9)3-4-13-10/h1-2,5-7,13H,3-4H2,(H,14,16,17,18). The zero-order valence-electron chi connectivity index (χ0n) is 9.55. The monoisotopic (exact) mass is 241 g/mol. The molecule has 0 saturated carbocycles. The lowest BCUT2D eigenvalue weighted by molar-refractivity contribution is 0.102. The van der Waals surface area contributed by atoms with E-state index in [0.29, 0.717) is 5.56 Å². The third-order valence-corrected chi connectivity index (χ3v) is 2.79. The van der Waals surface area contributed by atoms with E-state index in [1.54, 1.807) is 6.07 Å². The van der Waals surface area contributed by atoms with Crippen LogP contribution >= 0.6 is 0 Å². The molecular formula is C12H11N5O. The van der Waals surface area contributed by atoms with Crippen molar-refractivity contribution in [3.63, 3.8) is 0 Å². The average molecular weight is 241 g/mol. The van der Waals surface area contributed by atoms with Crippen LogP contribution in [0.5, 0.6) is 0 Å². The number of carbonyl (C=O) groups is 1. The molecule has 1 amide bonds. The molecule has 6 heteroatoms. The summed E-state index contributed by atoms with van der Waals surface area (Å²) < 4.78 is 0. The Morgan fingerprint density at radius 1 is 1.33 bits per heavy atom. The van der Waals surface area contributed by atoms with Crippen LogP contribution in [-0.4, -0.2) is 27.6 Å². The second-order valence-electron chi connectivity index (χ2n) is 3.97. The minimum Gasteiger partial charge on any atom is -0.384 e. The molecule has 2 heterocycles. The van der Waals surface area contributed by atoms with E-state index >= 15 is 0 Å². The van der Waals surface area contributed by atoms with Crippen LogP contribution < -0.4 is 10.6 Å². The van der Waals surface area contributed by atoms with Gasteiger partial charge in [0.2, 0.25) is 5.95 Å². The molecule has 2 N–H and O–H groups in total. The van der Waals surface area contributed by atoms with Crippen molar-refractivity contribution in [3.05, 3.63) is 41.7 Å². The molecule has 0 bridgehead atoms. The van der Waals surface area contributed by atoms with Crippen LogP contribution in [0.25, 0.3) is 0 Å². The fourth-order valence-electron chi connectivity index (χ4n) is 1.92. The van der Waals surface area contributed by atoms with E-state index in [4.69, 9.17) is 0 Å². The first-order valence-corrected chi connectivity index (χ1v) is 5.65. The van der Waals surface area contributed by atoms with Crippen molar-refractivity contribution >= 4 is 17.5 Å². The van der Waals surface area contributed by atoms with Crippen molar-refractivity contribution in [2.75, 3.05) is 17.2 Å². The number of benzene rings is 1. The smallest absolute Gasteiger partial charge is 0.258 e. The number of amides is 1. The van der Waals surface area contributed by atoms with E-state index in [1.807, 2.05) is 12.1 Å². The molecule has 1 aromatic carbocycles. The highest BCUT2D eigenvalue weighted by Crippen LogP contribution is 2.23. The summed E-state index contributed by atoms with van der Waals surface area (Å²) in [6.45, 7) is 0.923. The maximum atomic E-state index is 12.0. The zero-order chi connectivity index (χ0) is 12.4. The highest BCUT2D eigenvalue weighted by molar-refractivity contribution is 6.03. The van der Waals surface area contributed by atoms with E-state index < -0.39 is 0 Å². The predicted molar refractivity (Wildman–Crippen MR) is 66.4 cm³/mol. The van der Waals surface area contributed by atoms with Gasteiger partial charge in [0.05, 0.1) is 12.4 Å². The van der Waals surface area contributed by atoms with Crippen LogP contribution in [0.2, 0.25) is 0 Å². The number of hydrogen-bond acceptors (Lipinski definition) is 5. The van der Waals surface area contributed by atoms with Gasteiger partial charge in [-0.1, -0.05) is 0 Å². The van der Waals surface area contributed by atoms with Gasteiger partial charge in [-0.15, -0.1) is 5.10 Å². The summed E-state index contributed by atoms with van der Waals surface area (Å²) in [6, 6.07) is 5.59. The largest absolute Gasteiger partial charge is 0.384 e. The average Bonchev–Trinajstić information content (AvgIpc) is 2.87. The normalized spacial score (nSPS) is 12.7. The van der Waals surface area contributed by atoms with Gasteiger partial charge in [-0.2, -0.15) is 5.10 Å². The van der Waals surface area contributed by atoms with Crippen LogP contribution in [0.4, 0.5) is 11.6 Å². The molecule has 1 aliphatic rings. The Bertz CT molecular complexity index is 584. The Morgan fingerprint density at radius 2 is 2.28 bits per heavy atom. The molecule has 0 fully saturated rings. The molecule has 1 aliphatic heterocycles. The van der Waals surface area contributed by atoms with Gasteiger partial charge >= 0.3 is 0 Å². The van der Waals surface area contributed by atoms with E-state index in [1.165, 1.54) is 12.4 Å². The number of nitrogens with one attached hydrogen (secondary N) is 2.